The third kappa shape index (κ3) is 3.28. The second-order valence-electron chi connectivity index (χ2n) is 5.68. The van der Waals surface area contributed by atoms with Gasteiger partial charge in [0.05, 0.1) is 5.69 Å². The summed E-state index contributed by atoms with van der Waals surface area (Å²) >= 11 is 1.44. The van der Waals surface area contributed by atoms with Gasteiger partial charge in [-0.2, -0.15) is 0 Å². The minimum atomic E-state index is -0.291. The number of aromatic nitrogens is 2. The van der Waals surface area contributed by atoms with E-state index in [-0.39, 0.29) is 11.5 Å². The summed E-state index contributed by atoms with van der Waals surface area (Å²) in [7, 11) is 1.64. The maximum Gasteiger partial charge on any atom is 0.275 e. The Balaban J connectivity index is 1.83. The number of benzene rings is 1. The van der Waals surface area contributed by atoms with Crippen molar-refractivity contribution in [3.8, 4) is 10.6 Å². The normalized spacial score (nSPS) is 10.6. The molecule has 3 aromatic rings. The van der Waals surface area contributed by atoms with Crippen LogP contribution in [0.5, 0.6) is 0 Å². The van der Waals surface area contributed by atoms with Crippen LogP contribution in [0.2, 0.25) is 0 Å². The molecular formula is C18H17N3O2S. The number of nitrogens with one attached hydrogen (secondary N) is 1. The highest BCUT2D eigenvalue weighted by atomic mass is 32.1. The SMILES string of the molecule is Cc1ccc(-c2nc(C(=O)Nc3ccc(=O)n(C)c3)cs2)c(C)c1. The molecule has 0 saturated heterocycles. The van der Waals surface area contributed by atoms with Crippen LogP contribution in [-0.4, -0.2) is 15.5 Å². The van der Waals surface area contributed by atoms with Crippen LogP contribution >= 0.6 is 11.3 Å². The van der Waals surface area contributed by atoms with Gasteiger partial charge in [0.1, 0.15) is 10.7 Å². The van der Waals surface area contributed by atoms with Crippen LogP contribution in [0.1, 0.15) is 21.6 Å². The van der Waals surface area contributed by atoms with E-state index in [1.165, 1.54) is 27.5 Å². The van der Waals surface area contributed by atoms with Gasteiger partial charge >= 0.3 is 0 Å². The number of carbonyl (C=O) groups is 1. The summed E-state index contributed by atoms with van der Waals surface area (Å²) in [6.07, 6.45) is 1.58. The first-order chi connectivity index (χ1) is 11.4. The van der Waals surface area contributed by atoms with Crippen molar-refractivity contribution in [1.29, 1.82) is 0 Å². The molecule has 0 bridgehead atoms. The van der Waals surface area contributed by atoms with Gasteiger partial charge in [-0.3, -0.25) is 9.59 Å². The number of hydrogen-bond acceptors (Lipinski definition) is 4. The monoisotopic (exact) mass is 339 g/mol. The average Bonchev–Trinajstić information content (AvgIpc) is 3.01. The first kappa shape index (κ1) is 16.1. The molecule has 0 saturated carbocycles. The molecular weight excluding hydrogens is 322 g/mol. The predicted molar refractivity (Wildman–Crippen MR) is 96.7 cm³/mol. The maximum absolute atomic E-state index is 12.3. The predicted octanol–water partition coefficient (Wildman–Crippen LogP) is 3.38. The van der Waals surface area contributed by atoms with Crippen LogP contribution in [0.25, 0.3) is 10.6 Å². The minimum absolute atomic E-state index is 0.126. The topological polar surface area (TPSA) is 64.0 Å². The van der Waals surface area contributed by atoms with Gasteiger partial charge in [0.25, 0.3) is 5.91 Å². The molecule has 0 unspecified atom stereocenters. The number of amides is 1. The lowest BCUT2D eigenvalue weighted by Crippen LogP contribution is -2.18. The third-order valence-corrected chi connectivity index (χ3v) is 4.57. The molecule has 0 radical (unpaired) electrons. The van der Waals surface area contributed by atoms with Gasteiger partial charge in [0, 0.05) is 30.3 Å². The van der Waals surface area contributed by atoms with E-state index in [0.717, 1.165) is 16.1 Å². The van der Waals surface area contributed by atoms with Crippen LogP contribution in [0.3, 0.4) is 0 Å². The fourth-order valence-corrected chi connectivity index (χ4v) is 3.31. The number of nitrogens with zero attached hydrogens (tertiary/aromatic N) is 2. The Morgan fingerprint density at radius 1 is 1.21 bits per heavy atom. The van der Waals surface area contributed by atoms with Crippen LogP contribution < -0.4 is 10.9 Å². The summed E-state index contributed by atoms with van der Waals surface area (Å²) < 4.78 is 1.41. The molecule has 0 atom stereocenters. The molecule has 1 aromatic carbocycles. The van der Waals surface area contributed by atoms with Crippen molar-refractivity contribution in [1.82, 2.24) is 9.55 Å². The van der Waals surface area contributed by atoms with Crippen molar-refractivity contribution >= 4 is 22.9 Å². The molecule has 0 aliphatic rings. The summed E-state index contributed by atoms with van der Waals surface area (Å²) in [6.45, 7) is 4.08. The lowest BCUT2D eigenvalue weighted by atomic mass is 10.1. The quantitative estimate of drug-likeness (QED) is 0.795. The third-order valence-electron chi connectivity index (χ3n) is 3.69. The van der Waals surface area contributed by atoms with Gasteiger partial charge < -0.3 is 9.88 Å². The summed E-state index contributed by atoms with van der Waals surface area (Å²) in [5.74, 6) is -0.291. The van der Waals surface area contributed by atoms with Crippen LogP contribution in [0.15, 0.2) is 46.7 Å². The molecule has 1 amide bonds. The van der Waals surface area contributed by atoms with Crippen LogP contribution in [0.4, 0.5) is 5.69 Å². The Bertz CT molecular complexity index is 972. The number of rotatable bonds is 3. The summed E-state index contributed by atoms with van der Waals surface area (Å²) in [5.41, 5.74) is 4.16. The smallest absolute Gasteiger partial charge is 0.275 e. The Morgan fingerprint density at radius 3 is 2.71 bits per heavy atom. The Hall–Kier alpha value is -2.73. The van der Waals surface area contributed by atoms with Gasteiger partial charge in [-0.05, 0) is 25.5 Å². The fourth-order valence-electron chi connectivity index (χ4n) is 2.42. The zero-order valence-electron chi connectivity index (χ0n) is 13.7. The van der Waals surface area contributed by atoms with Crippen LogP contribution in [0, 0.1) is 13.8 Å². The highest BCUT2D eigenvalue weighted by molar-refractivity contribution is 7.13. The molecule has 3 rings (SSSR count). The number of carbonyl (C=O) groups excluding carboxylic acids is 1. The highest BCUT2D eigenvalue weighted by Gasteiger charge is 2.13. The number of pyridine rings is 1. The van der Waals surface area contributed by atoms with E-state index in [4.69, 9.17) is 0 Å². The molecule has 5 nitrogen and oxygen atoms in total. The largest absolute Gasteiger partial charge is 0.319 e. The van der Waals surface area contributed by atoms with E-state index < -0.39 is 0 Å². The number of hydrogen-bond donors (Lipinski definition) is 1. The lowest BCUT2D eigenvalue weighted by molar-refractivity contribution is 0.102. The fraction of sp³-hybridized carbons (Fsp3) is 0.167. The number of aryl methyl sites for hydroxylation is 3. The van der Waals surface area contributed by atoms with Crippen molar-refractivity contribution in [2.24, 2.45) is 7.05 Å². The second-order valence-corrected chi connectivity index (χ2v) is 6.54. The van der Waals surface area contributed by atoms with E-state index in [2.05, 4.69) is 16.4 Å². The molecule has 122 valence electrons. The first-order valence-electron chi connectivity index (χ1n) is 7.45. The first-order valence-corrected chi connectivity index (χ1v) is 8.33. The van der Waals surface area contributed by atoms with E-state index >= 15 is 0 Å². The van der Waals surface area contributed by atoms with E-state index in [9.17, 15) is 9.59 Å². The molecule has 2 heterocycles. The standard InChI is InChI=1S/C18H17N3O2S/c1-11-4-6-14(12(2)8-11)18-20-15(10-24-18)17(23)19-13-5-7-16(22)21(3)9-13/h4-10H,1-3H3,(H,19,23). The summed E-state index contributed by atoms with van der Waals surface area (Å²) in [5, 5.41) is 5.32. The summed E-state index contributed by atoms with van der Waals surface area (Å²) in [6, 6.07) is 9.16. The zero-order valence-corrected chi connectivity index (χ0v) is 14.5. The van der Waals surface area contributed by atoms with E-state index in [1.807, 2.05) is 26.0 Å². The molecule has 6 heteroatoms. The van der Waals surface area contributed by atoms with Crippen molar-refractivity contribution in [3.63, 3.8) is 0 Å². The Kier molecular flexibility index (Phi) is 4.31. The average molecular weight is 339 g/mol. The summed E-state index contributed by atoms with van der Waals surface area (Å²) in [4.78, 5) is 28.2. The zero-order chi connectivity index (χ0) is 17.3. The van der Waals surface area contributed by atoms with Crippen molar-refractivity contribution in [2.45, 2.75) is 13.8 Å². The van der Waals surface area contributed by atoms with Gasteiger partial charge in [0.15, 0.2) is 0 Å². The van der Waals surface area contributed by atoms with Gasteiger partial charge in [-0.25, -0.2) is 4.98 Å². The lowest BCUT2D eigenvalue weighted by Gasteiger charge is -2.05. The molecule has 0 aliphatic carbocycles. The van der Waals surface area contributed by atoms with Crippen molar-refractivity contribution in [2.75, 3.05) is 5.32 Å². The maximum atomic E-state index is 12.3. The van der Waals surface area contributed by atoms with Gasteiger partial charge in [-0.1, -0.05) is 23.8 Å². The molecule has 24 heavy (non-hydrogen) atoms. The number of anilines is 1. The molecule has 1 N–H and O–H groups in total. The van der Waals surface area contributed by atoms with Gasteiger partial charge in [0.2, 0.25) is 5.56 Å². The van der Waals surface area contributed by atoms with Crippen LogP contribution in [-0.2, 0) is 7.05 Å². The highest BCUT2D eigenvalue weighted by Crippen LogP contribution is 2.27. The number of thiazole rings is 1. The molecule has 0 aliphatic heterocycles. The second kappa shape index (κ2) is 6.41. The molecule has 0 fully saturated rings. The minimum Gasteiger partial charge on any atom is -0.319 e. The molecule has 0 spiro atoms. The van der Waals surface area contributed by atoms with Gasteiger partial charge in [-0.15, -0.1) is 11.3 Å². The van der Waals surface area contributed by atoms with Crippen molar-refractivity contribution < 1.29 is 4.79 Å². The van der Waals surface area contributed by atoms with E-state index in [1.54, 1.807) is 24.7 Å². The Morgan fingerprint density at radius 2 is 2.00 bits per heavy atom. The molecule has 2 aromatic heterocycles. The van der Waals surface area contributed by atoms with E-state index in [0.29, 0.717) is 11.4 Å². The Labute approximate surface area is 143 Å². The van der Waals surface area contributed by atoms with Crippen molar-refractivity contribution in [3.05, 3.63) is 69.1 Å².